The normalized spacial score (nSPS) is 11.9. The van der Waals surface area contributed by atoms with Crippen LogP contribution in [0.3, 0.4) is 0 Å². The Morgan fingerprint density at radius 3 is 2.77 bits per heavy atom. The lowest BCUT2D eigenvalue weighted by Gasteiger charge is -2.13. The first-order chi connectivity index (χ1) is 12.5. The Hall–Kier alpha value is -2.45. The molecule has 0 aliphatic rings. The van der Waals surface area contributed by atoms with E-state index in [1.165, 1.54) is 29.4 Å². The molecule has 0 fully saturated rings. The second-order valence-electron chi connectivity index (χ2n) is 5.59. The van der Waals surface area contributed by atoms with Gasteiger partial charge in [-0.25, -0.2) is 9.97 Å². The number of ether oxygens (including phenoxy) is 1. The molecule has 1 amide bonds. The molecule has 3 aromatic rings. The molecule has 0 spiro atoms. The molecule has 0 saturated heterocycles. The third kappa shape index (κ3) is 4.59. The number of aromatic nitrogens is 2. The molecule has 134 valence electrons. The number of thiophene rings is 1. The zero-order valence-corrected chi connectivity index (χ0v) is 15.9. The second-order valence-corrected chi connectivity index (χ2v) is 7.45. The van der Waals surface area contributed by atoms with Crippen LogP contribution in [0.4, 0.5) is 5.69 Å². The van der Waals surface area contributed by atoms with Gasteiger partial charge in [0.2, 0.25) is 0 Å². The summed E-state index contributed by atoms with van der Waals surface area (Å²) in [6.45, 7) is 3.52. The number of aryl methyl sites for hydroxylation is 1. The molecule has 0 saturated carbocycles. The number of benzene rings is 1. The van der Waals surface area contributed by atoms with Crippen molar-refractivity contribution in [1.82, 2.24) is 9.97 Å². The van der Waals surface area contributed by atoms with Crippen molar-refractivity contribution < 1.29 is 14.3 Å². The van der Waals surface area contributed by atoms with Crippen LogP contribution >= 0.6 is 23.1 Å². The standard InChI is InChI=1S/C18H17N3O3S2/c1-11-3-5-13(6-4-11)21-16(23)12(2)24-15(22)9-26-18-14-7-8-25-17(14)19-10-20-18/h3-8,10,12H,9H2,1-2H3,(H,21,23)/t12-/m1/s1. The summed E-state index contributed by atoms with van der Waals surface area (Å²) in [7, 11) is 0. The molecule has 3 rings (SSSR count). The lowest BCUT2D eigenvalue weighted by atomic mass is 10.2. The van der Waals surface area contributed by atoms with E-state index in [-0.39, 0.29) is 11.7 Å². The summed E-state index contributed by atoms with van der Waals surface area (Å²) in [6.07, 6.45) is 0.598. The van der Waals surface area contributed by atoms with Crippen LogP contribution in [0.15, 0.2) is 47.1 Å². The smallest absolute Gasteiger partial charge is 0.317 e. The third-order valence-electron chi connectivity index (χ3n) is 3.55. The minimum atomic E-state index is -0.879. The number of anilines is 1. The van der Waals surface area contributed by atoms with Crippen molar-refractivity contribution in [2.24, 2.45) is 0 Å². The second kappa shape index (κ2) is 8.29. The molecule has 1 aromatic carbocycles. The van der Waals surface area contributed by atoms with Gasteiger partial charge in [-0.2, -0.15) is 0 Å². The van der Waals surface area contributed by atoms with Gasteiger partial charge in [0.25, 0.3) is 5.91 Å². The molecular formula is C18H17N3O3S2. The maximum absolute atomic E-state index is 12.1. The maximum Gasteiger partial charge on any atom is 0.317 e. The number of amides is 1. The Bertz CT molecular complexity index is 925. The van der Waals surface area contributed by atoms with Crippen molar-refractivity contribution >= 4 is 50.9 Å². The van der Waals surface area contributed by atoms with Crippen molar-refractivity contribution in [3.8, 4) is 0 Å². The molecule has 0 aliphatic heterocycles. The predicted molar refractivity (Wildman–Crippen MR) is 104 cm³/mol. The molecule has 1 N–H and O–H groups in total. The fraction of sp³-hybridized carbons (Fsp3) is 0.222. The molecule has 0 aliphatic carbocycles. The highest BCUT2D eigenvalue weighted by Crippen LogP contribution is 2.27. The number of rotatable bonds is 6. The maximum atomic E-state index is 12.1. The summed E-state index contributed by atoms with van der Waals surface area (Å²) in [5, 5.41) is 6.30. The Morgan fingerprint density at radius 1 is 1.23 bits per heavy atom. The minimum absolute atomic E-state index is 0.0735. The fourth-order valence-corrected chi connectivity index (χ4v) is 3.74. The van der Waals surface area contributed by atoms with Crippen LogP contribution in [0, 0.1) is 6.92 Å². The van der Waals surface area contributed by atoms with Crippen LogP contribution in [0.5, 0.6) is 0 Å². The molecule has 2 aromatic heterocycles. The van der Waals surface area contributed by atoms with Crippen LogP contribution in [0.25, 0.3) is 10.2 Å². The van der Waals surface area contributed by atoms with Gasteiger partial charge in [-0.3, -0.25) is 9.59 Å². The number of fused-ring (bicyclic) bond motifs is 1. The SMILES string of the molecule is Cc1ccc(NC(=O)[C@@H](C)OC(=O)CSc2ncnc3sccc23)cc1. The predicted octanol–water partition coefficient (Wildman–Crippen LogP) is 3.66. The zero-order valence-electron chi connectivity index (χ0n) is 14.3. The first kappa shape index (κ1) is 18.3. The van der Waals surface area contributed by atoms with Gasteiger partial charge in [0.05, 0.1) is 5.75 Å². The van der Waals surface area contributed by atoms with Crippen LogP contribution in [-0.2, 0) is 14.3 Å². The van der Waals surface area contributed by atoms with E-state index in [1.54, 1.807) is 19.1 Å². The first-order valence-electron chi connectivity index (χ1n) is 7.91. The van der Waals surface area contributed by atoms with E-state index in [2.05, 4.69) is 15.3 Å². The number of carbonyl (C=O) groups is 2. The number of nitrogens with one attached hydrogen (secondary N) is 1. The van der Waals surface area contributed by atoms with Gasteiger partial charge in [0.15, 0.2) is 6.10 Å². The summed E-state index contributed by atoms with van der Waals surface area (Å²) in [5.74, 6) is -0.762. The molecule has 1 atom stereocenters. The lowest BCUT2D eigenvalue weighted by Crippen LogP contribution is -2.30. The Kier molecular flexibility index (Phi) is 5.85. The van der Waals surface area contributed by atoms with Gasteiger partial charge in [-0.1, -0.05) is 29.5 Å². The largest absolute Gasteiger partial charge is 0.452 e. The highest BCUT2D eigenvalue weighted by atomic mass is 32.2. The Morgan fingerprint density at radius 2 is 2.00 bits per heavy atom. The molecule has 6 nitrogen and oxygen atoms in total. The highest BCUT2D eigenvalue weighted by molar-refractivity contribution is 8.00. The van der Waals surface area contributed by atoms with Gasteiger partial charge in [0.1, 0.15) is 16.2 Å². The molecule has 8 heteroatoms. The van der Waals surface area contributed by atoms with Crippen molar-refractivity contribution in [2.75, 3.05) is 11.1 Å². The van der Waals surface area contributed by atoms with Crippen molar-refractivity contribution in [3.63, 3.8) is 0 Å². The van der Waals surface area contributed by atoms with Crippen LogP contribution < -0.4 is 5.32 Å². The molecule has 26 heavy (non-hydrogen) atoms. The van der Waals surface area contributed by atoms with Gasteiger partial charge in [0, 0.05) is 11.1 Å². The van der Waals surface area contributed by atoms with E-state index in [0.717, 1.165) is 20.8 Å². The van der Waals surface area contributed by atoms with Crippen molar-refractivity contribution in [1.29, 1.82) is 0 Å². The van der Waals surface area contributed by atoms with Gasteiger partial charge in [-0.05, 0) is 37.4 Å². The summed E-state index contributed by atoms with van der Waals surface area (Å²) < 4.78 is 5.21. The topological polar surface area (TPSA) is 81.2 Å². The summed E-state index contributed by atoms with van der Waals surface area (Å²) in [6, 6.07) is 9.33. The van der Waals surface area contributed by atoms with Crippen molar-refractivity contribution in [3.05, 3.63) is 47.6 Å². The van der Waals surface area contributed by atoms with Crippen molar-refractivity contribution in [2.45, 2.75) is 25.0 Å². The van der Waals surface area contributed by atoms with E-state index >= 15 is 0 Å². The van der Waals surface area contributed by atoms with E-state index in [0.29, 0.717) is 5.69 Å². The van der Waals surface area contributed by atoms with Crippen LogP contribution in [0.1, 0.15) is 12.5 Å². The molecule has 0 unspecified atom stereocenters. The van der Waals surface area contributed by atoms with E-state index in [4.69, 9.17) is 4.74 Å². The number of carbonyl (C=O) groups excluding carboxylic acids is 2. The Balaban J connectivity index is 1.51. The summed E-state index contributed by atoms with van der Waals surface area (Å²) in [5.41, 5.74) is 1.77. The zero-order chi connectivity index (χ0) is 18.5. The third-order valence-corrected chi connectivity index (χ3v) is 5.35. The average Bonchev–Trinajstić information content (AvgIpc) is 3.11. The molecule has 2 heterocycles. The summed E-state index contributed by atoms with van der Waals surface area (Å²) >= 11 is 2.79. The molecule has 0 bridgehead atoms. The number of nitrogens with zero attached hydrogens (tertiary/aromatic N) is 2. The number of esters is 1. The van der Waals surface area contributed by atoms with Crippen LogP contribution in [0.2, 0.25) is 0 Å². The van der Waals surface area contributed by atoms with E-state index in [1.807, 2.05) is 30.5 Å². The average molecular weight is 387 g/mol. The van der Waals surface area contributed by atoms with E-state index in [9.17, 15) is 9.59 Å². The molecular weight excluding hydrogens is 370 g/mol. The lowest BCUT2D eigenvalue weighted by molar-refractivity contribution is -0.150. The number of thioether (sulfide) groups is 1. The van der Waals surface area contributed by atoms with E-state index < -0.39 is 12.1 Å². The monoisotopic (exact) mass is 387 g/mol. The van der Waals surface area contributed by atoms with Gasteiger partial charge in [-0.15, -0.1) is 11.3 Å². The Labute approximate surface area is 159 Å². The number of hydrogen-bond acceptors (Lipinski definition) is 7. The van der Waals surface area contributed by atoms with Gasteiger partial charge < -0.3 is 10.1 Å². The summed E-state index contributed by atoms with van der Waals surface area (Å²) in [4.78, 5) is 33.4. The molecule has 0 radical (unpaired) electrons. The fourth-order valence-electron chi connectivity index (χ4n) is 2.18. The van der Waals surface area contributed by atoms with Gasteiger partial charge >= 0.3 is 5.97 Å². The number of hydrogen-bond donors (Lipinski definition) is 1. The first-order valence-corrected chi connectivity index (χ1v) is 9.77. The highest BCUT2D eigenvalue weighted by Gasteiger charge is 2.18. The quantitative estimate of drug-likeness (QED) is 0.395. The van der Waals surface area contributed by atoms with Crippen LogP contribution in [-0.4, -0.2) is 33.7 Å². The minimum Gasteiger partial charge on any atom is -0.452 e.